The Morgan fingerprint density at radius 2 is 1.61 bits per heavy atom. The van der Waals surface area contributed by atoms with Crippen molar-refractivity contribution >= 4 is 22.7 Å². The lowest BCUT2D eigenvalue weighted by molar-refractivity contribution is 1.09. The minimum absolute atomic E-state index is 0.892. The van der Waals surface area contributed by atoms with Crippen LogP contribution in [0.25, 0.3) is 20.6 Å². The fourth-order valence-electron chi connectivity index (χ4n) is 1.57. The van der Waals surface area contributed by atoms with Crippen molar-refractivity contribution in [2.45, 2.75) is 13.8 Å². The first-order valence-electron chi connectivity index (χ1n) is 5.55. The van der Waals surface area contributed by atoms with Crippen molar-refractivity contribution in [2.24, 2.45) is 0 Å². The van der Waals surface area contributed by atoms with Crippen molar-refractivity contribution < 1.29 is 0 Å². The monoisotopic (exact) mass is 273 g/mol. The second-order valence-electron chi connectivity index (χ2n) is 4.07. The molecule has 2 heterocycles. The summed E-state index contributed by atoms with van der Waals surface area (Å²) in [6, 6.07) is 8.33. The van der Waals surface area contributed by atoms with Gasteiger partial charge in [0.25, 0.3) is 0 Å². The van der Waals surface area contributed by atoms with E-state index >= 15 is 0 Å². The highest BCUT2D eigenvalue weighted by molar-refractivity contribution is 7.22. The molecule has 0 aliphatic rings. The lowest BCUT2D eigenvalue weighted by Crippen LogP contribution is -1.77. The normalized spacial score (nSPS) is 10.8. The highest BCUT2D eigenvalue weighted by Crippen LogP contribution is 2.31. The van der Waals surface area contributed by atoms with Crippen LogP contribution in [-0.2, 0) is 0 Å². The van der Waals surface area contributed by atoms with Crippen molar-refractivity contribution in [1.82, 2.24) is 15.2 Å². The molecule has 0 radical (unpaired) electrons. The zero-order chi connectivity index (χ0) is 12.5. The van der Waals surface area contributed by atoms with E-state index in [1.165, 1.54) is 5.56 Å². The number of benzene rings is 1. The van der Waals surface area contributed by atoms with E-state index in [0.29, 0.717) is 0 Å². The molecule has 3 rings (SSSR count). The van der Waals surface area contributed by atoms with Crippen molar-refractivity contribution in [3.05, 3.63) is 40.9 Å². The fraction of sp³-hybridized carbons (Fsp3) is 0.154. The number of hydrogen-bond acceptors (Lipinski definition) is 5. The molecule has 0 N–H and O–H groups in total. The Kier molecular flexibility index (Phi) is 2.93. The summed E-state index contributed by atoms with van der Waals surface area (Å²) in [6.07, 6.45) is 0. The Morgan fingerprint density at radius 1 is 0.889 bits per heavy atom. The van der Waals surface area contributed by atoms with Crippen LogP contribution in [-0.4, -0.2) is 15.2 Å². The lowest BCUT2D eigenvalue weighted by atomic mass is 10.2. The van der Waals surface area contributed by atoms with Gasteiger partial charge in [-0.25, -0.2) is 4.98 Å². The van der Waals surface area contributed by atoms with Crippen LogP contribution in [0.2, 0.25) is 0 Å². The summed E-state index contributed by atoms with van der Waals surface area (Å²) >= 11 is 3.19. The van der Waals surface area contributed by atoms with Crippen LogP contribution in [0.15, 0.2) is 29.6 Å². The average Bonchev–Trinajstić information content (AvgIpc) is 2.98. The van der Waals surface area contributed by atoms with Gasteiger partial charge in [0.2, 0.25) is 0 Å². The zero-order valence-electron chi connectivity index (χ0n) is 10.0. The van der Waals surface area contributed by atoms with E-state index in [-0.39, 0.29) is 0 Å². The Labute approximate surface area is 113 Å². The molecule has 0 amide bonds. The Morgan fingerprint density at radius 3 is 2.28 bits per heavy atom. The van der Waals surface area contributed by atoms with Gasteiger partial charge in [-0.1, -0.05) is 41.2 Å². The molecule has 3 nitrogen and oxygen atoms in total. The molecule has 0 fully saturated rings. The summed E-state index contributed by atoms with van der Waals surface area (Å²) in [7, 11) is 0. The number of hydrogen-bond donors (Lipinski definition) is 0. The number of thiazole rings is 1. The molecular formula is C13H11N3S2. The van der Waals surface area contributed by atoms with Crippen molar-refractivity contribution in [2.75, 3.05) is 0 Å². The van der Waals surface area contributed by atoms with Gasteiger partial charge in [0.15, 0.2) is 10.0 Å². The minimum atomic E-state index is 0.892. The molecule has 0 spiro atoms. The van der Waals surface area contributed by atoms with Crippen LogP contribution in [0.5, 0.6) is 0 Å². The van der Waals surface area contributed by atoms with Crippen molar-refractivity contribution in [1.29, 1.82) is 0 Å². The molecule has 0 unspecified atom stereocenters. The predicted molar refractivity (Wildman–Crippen MR) is 75.9 cm³/mol. The third-order valence-electron chi connectivity index (χ3n) is 2.53. The van der Waals surface area contributed by atoms with E-state index in [2.05, 4.69) is 46.4 Å². The van der Waals surface area contributed by atoms with Crippen LogP contribution >= 0.6 is 22.7 Å². The van der Waals surface area contributed by atoms with Gasteiger partial charge in [-0.15, -0.1) is 21.5 Å². The number of nitrogens with zero attached hydrogens (tertiary/aromatic N) is 3. The van der Waals surface area contributed by atoms with Crippen LogP contribution in [0.4, 0.5) is 0 Å². The molecule has 2 aromatic heterocycles. The van der Waals surface area contributed by atoms with Crippen LogP contribution in [0, 0.1) is 13.8 Å². The average molecular weight is 273 g/mol. The predicted octanol–water partition coefficient (Wildman–Crippen LogP) is 3.95. The maximum absolute atomic E-state index is 4.43. The topological polar surface area (TPSA) is 38.7 Å². The van der Waals surface area contributed by atoms with E-state index in [1.807, 2.05) is 12.3 Å². The first kappa shape index (κ1) is 11.5. The summed E-state index contributed by atoms with van der Waals surface area (Å²) in [4.78, 5) is 4.43. The zero-order valence-corrected chi connectivity index (χ0v) is 11.7. The van der Waals surface area contributed by atoms with Gasteiger partial charge in [-0.3, -0.25) is 0 Å². The van der Waals surface area contributed by atoms with E-state index in [0.717, 1.165) is 26.3 Å². The molecule has 0 aliphatic heterocycles. The van der Waals surface area contributed by atoms with Gasteiger partial charge >= 0.3 is 0 Å². The SMILES string of the molecule is Cc1ccc(-c2nnc(-c3nc(C)cs3)s2)cc1. The number of aromatic nitrogens is 3. The van der Waals surface area contributed by atoms with Gasteiger partial charge in [0.05, 0.1) is 0 Å². The second kappa shape index (κ2) is 4.59. The van der Waals surface area contributed by atoms with Gasteiger partial charge in [0, 0.05) is 16.6 Å². The minimum Gasteiger partial charge on any atom is -0.239 e. The summed E-state index contributed by atoms with van der Waals surface area (Å²) in [5, 5.41) is 13.3. The van der Waals surface area contributed by atoms with Crippen LogP contribution < -0.4 is 0 Å². The molecule has 0 saturated heterocycles. The molecule has 0 aliphatic carbocycles. The first-order chi connectivity index (χ1) is 8.72. The maximum atomic E-state index is 4.43. The molecule has 0 atom stereocenters. The highest BCUT2D eigenvalue weighted by Gasteiger charge is 2.10. The summed E-state index contributed by atoms with van der Waals surface area (Å²) < 4.78 is 0. The van der Waals surface area contributed by atoms with E-state index in [4.69, 9.17) is 0 Å². The Balaban J connectivity index is 1.96. The summed E-state index contributed by atoms with van der Waals surface area (Å²) in [5.74, 6) is 0. The summed E-state index contributed by atoms with van der Waals surface area (Å²) in [6.45, 7) is 4.07. The largest absolute Gasteiger partial charge is 0.239 e. The molecular weight excluding hydrogens is 262 g/mol. The first-order valence-corrected chi connectivity index (χ1v) is 7.25. The summed E-state index contributed by atoms with van der Waals surface area (Å²) in [5.41, 5.74) is 3.39. The second-order valence-corrected chi connectivity index (χ2v) is 5.91. The Hall–Kier alpha value is -1.59. The smallest absolute Gasteiger partial charge is 0.176 e. The quantitative estimate of drug-likeness (QED) is 0.709. The molecule has 18 heavy (non-hydrogen) atoms. The van der Waals surface area contributed by atoms with Gasteiger partial charge in [0.1, 0.15) is 5.01 Å². The van der Waals surface area contributed by atoms with Gasteiger partial charge < -0.3 is 0 Å². The van der Waals surface area contributed by atoms with E-state index < -0.39 is 0 Å². The van der Waals surface area contributed by atoms with Gasteiger partial charge in [-0.2, -0.15) is 0 Å². The standard InChI is InChI=1S/C13H11N3S2/c1-8-3-5-10(6-4-8)11-15-16-13(18-11)12-14-9(2)7-17-12/h3-7H,1-2H3. The van der Waals surface area contributed by atoms with E-state index in [1.54, 1.807) is 22.7 Å². The molecule has 90 valence electrons. The fourth-order valence-corrected chi connectivity index (χ4v) is 3.25. The van der Waals surface area contributed by atoms with Crippen LogP contribution in [0.1, 0.15) is 11.3 Å². The molecule has 5 heteroatoms. The lowest BCUT2D eigenvalue weighted by Gasteiger charge is -1.95. The Bertz CT molecular complexity index is 668. The van der Waals surface area contributed by atoms with Crippen molar-refractivity contribution in [3.8, 4) is 20.6 Å². The van der Waals surface area contributed by atoms with Crippen molar-refractivity contribution in [3.63, 3.8) is 0 Å². The molecule has 0 saturated carbocycles. The number of aryl methyl sites for hydroxylation is 2. The molecule has 0 bridgehead atoms. The molecule has 3 aromatic rings. The van der Waals surface area contributed by atoms with Crippen LogP contribution in [0.3, 0.4) is 0 Å². The molecule has 1 aromatic carbocycles. The third-order valence-corrected chi connectivity index (χ3v) is 4.60. The van der Waals surface area contributed by atoms with E-state index in [9.17, 15) is 0 Å². The van der Waals surface area contributed by atoms with Gasteiger partial charge in [-0.05, 0) is 13.8 Å². The highest BCUT2D eigenvalue weighted by atomic mass is 32.1. The third kappa shape index (κ3) is 2.19. The number of rotatable bonds is 2. The maximum Gasteiger partial charge on any atom is 0.176 e.